The number of ether oxygens (including phenoxy) is 1. The Morgan fingerprint density at radius 1 is 0.971 bits per heavy atom. The second-order valence-corrected chi connectivity index (χ2v) is 8.88. The Balaban J connectivity index is 1.22. The van der Waals surface area contributed by atoms with Crippen LogP contribution < -0.4 is 10.1 Å². The Morgan fingerprint density at radius 2 is 1.74 bits per heavy atom. The third-order valence-electron chi connectivity index (χ3n) is 6.39. The molecule has 0 fully saturated rings. The number of para-hydroxylation sites is 1. The van der Waals surface area contributed by atoms with Crippen molar-refractivity contribution in [2.24, 2.45) is 0 Å². The van der Waals surface area contributed by atoms with Crippen LogP contribution in [0.2, 0.25) is 0 Å². The molecule has 1 aliphatic heterocycles. The van der Waals surface area contributed by atoms with Crippen LogP contribution in [0.15, 0.2) is 72.8 Å². The summed E-state index contributed by atoms with van der Waals surface area (Å²) in [7, 11) is 0. The molecule has 0 saturated carbocycles. The number of hydrogen-bond donors (Lipinski definition) is 2. The molecular formula is C29H34N2O3. The highest BCUT2D eigenvalue weighted by molar-refractivity contribution is 5.94. The standard InChI is InChI=1S/C29H34N2O3/c1-2-18-31(26-20-25-11-8-12-27(32)28(25)34-21-26)19-7-6-17-30-29(33)24-15-13-23(14-16-24)22-9-4-3-5-10-22/h3-5,8-16,26,32H,2,6-7,17-21H2,1H3,(H,30,33). The van der Waals surface area contributed by atoms with Crippen molar-refractivity contribution in [3.63, 3.8) is 0 Å². The average Bonchev–Trinajstić information content (AvgIpc) is 2.88. The van der Waals surface area contributed by atoms with E-state index in [4.69, 9.17) is 4.74 Å². The van der Waals surface area contributed by atoms with Crippen LogP contribution in [0.4, 0.5) is 0 Å². The van der Waals surface area contributed by atoms with E-state index in [0.29, 0.717) is 30.5 Å². The second-order valence-electron chi connectivity index (χ2n) is 8.88. The Labute approximate surface area is 202 Å². The summed E-state index contributed by atoms with van der Waals surface area (Å²) in [5, 5.41) is 13.1. The number of aromatic hydroxyl groups is 1. The summed E-state index contributed by atoms with van der Waals surface area (Å²) in [6, 6.07) is 23.8. The summed E-state index contributed by atoms with van der Waals surface area (Å²) < 4.78 is 5.89. The zero-order valence-electron chi connectivity index (χ0n) is 19.9. The lowest BCUT2D eigenvalue weighted by Gasteiger charge is -2.35. The molecule has 5 heteroatoms. The van der Waals surface area contributed by atoms with Gasteiger partial charge >= 0.3 is 0 Å². The molecule has 0 aliphatic carbocycles. The van der Waals surface area contributed by atoms with E-state index in [9.17, 15) is 9.90 Å². The van der Waals surface area contributed by atoms with Gasteiger partial charge in [-0.25, -0.2) is 0 Å². The third-order valence-corrected chi connectivity index (χ3v) is 6.39. The minimum Gasteiger partial charge on any atom is -0.504 e. The molecule has 178 valence electrons. The maximum atomic E-state index is 12.5. The van der Waals surface area contributed by atoms with Crippen molar-refractivity contribution >= 4 is 5.91 Å². The van der Waals surface area contributed by atoms with Crippen molar-refractivity contribution in [3.05, 3.63) is 83.9 Å². The van der Waals surface area contributed by atoms with Gasteiger partial charge in [-0.15, -0.1) is 0 Å². The van der Waals surface area contributed by atoms with Gasteiger partial charge in [-0.2, -0.15) is 0 Å². The Morgan fingerprint density at radius 3 is 2.50 bits per heavy atom. The summed E-state index contributed by atoms with van der Waals surface area (Å²) in [5.74, 6) is 0.834. The molecule has 0 radical (unpaired) electrons. The number of rotatable bonds is 10. The zero-order chi connectivity index (χ0) is 23.8. The number of phenols is 1. The normalized spacial score (nSPS) is 14.9. The summed E-state index contributed by atoms with van der Waals surface area (Å²) >= 11 is 0. The van der Waals surface area contributed by atoms with E-state index in [-0.39, 0.29) is 11.7 Å². The maximum absolute atomic E-state index is 12.5. The molecule has 1 atom stereocenters. The molecule has 3 aromatic rings. The van der Waals surface area contributed by atoms with Crippen molar-refractivity contribution in [1.82, 2.24) is 10.2 Å². The highest BCUT2D eigenvalue weighted by Crippen LogP contribution is 2.34. The van der Waals surface area contributed by atoms with Gasteiger partial charge in [0.2, 0.25) is 0 Å². The first-order chi connectivity index (χ1) is 16.7. The van der Waals surface area contributed by atoms with Gasteiger partial charge in [0.15, 0.2) is 11.5 Å². The Hall–Kier alpha value is -3.31. The highest BCUT2D eigenvalue weighted by Gasteiger charge is 2.26. The molecule has 0 saturated heterocycles. The third kappa shape index (κ3) is 5.97. The van der Waals surface area contributed by atoms with Gasteiger partial charge in [0.1, 0.15) is 6.61 Å². The summed E-state index contributed by atoms with van der Waals surface area (Å²) in [5.41, 5.74) is 4.02. The van der Waals surface area contributed by atoms with Crippen LogP contribution in [-0.2, 0) is 6.42 Å². The predicted octanol–water partition coefficient (Wildman–Crippen LogP) is 5.28. The first kappa shape index (κ1) is 23.8. The van der Waals surface area contributed by atoms with Crippen molar-refractivity contribution < 1.29 is 14.6 Å². The first-order valence-corrected chi connectivity index (χ1v) is 12.3. The molecule has 2 N–H and O–H groups in total. The molecule has 0 spiro atoms. The zero-order valence-corrected chi connectivity index (χ0v) is 19.9. The fraction of sp³-hybridized carbons (Fsp3) is 0.345. The summed E-state index contributed by atoms with van der Waals surface area (Å²) in [6.07, 6.45) is 3.91. The van der Waals surface area contributed by atoms with Gasteiger partial charge in [-0.3, -0.25) is 9.69 Å². The molecule has 3 aromatic carbocycles. The number of carbonyl (C=O) groups excluding carboxylic acids is 1. The van der Waals surface area contributed by atoms with E-state index in [1.165, 1.54) is 0 Å². The molecule has 1 aliphatic rings. The van der Waals surface area contributed by atoms with Crippen LogP contribution in [0.3, 0.4) is 0 Å². The van der Waals surface area contributed by atoms with Crippen LogP contribution in [-0.4, -0.2) is 48.2 Å². The first-order valence-electron chi connectivity index (χ1n) is 12.3. The number of benzene rings is 3. The number of nitrogens with one attached hydrogen (secondary N) is 1. The van der Waals surface area contributed by atoms with Crippen LogP contribution >= 0.6 is 0 Å². The molecule has 1 heterocycles. The molecule has 4 rings (SSSR count). The van der Waals surface area contributed by atoms with E-state index in [1.807, 2.05) is 54.6 Å². The number of nitrogens with zero attached hydrogens (tertiary/aromatic N) is 1. The van der Waals surface area contributed by atoms with Crippen LogP contribution in [0.5, 0.6) is 11.5 Å². The van der Waals surface area contributed by atoms with Crippen molar-refractivity contribution in [2.45, 2.75) is 38.6 Å². The minimum absolute atomic E-state index is 0.0258. The van der Waals surface area contributed by atoms with Gasteiger partial charge < -0.3 is 15.2 Å². The maximum Gasteiger partial charge on any atom is 0.251 e. The number of phenolic OH excluding ortho intramolecular Hbond substituents is 1. The topological polar surface area (TPSA) is 61.8 Å². The Kier molecular flexibility index (Phi) is 8.21. The van der Waals surface area contributed by atoms with Crippen LogP contribution in [0, 0.1) is 0 Å². The SMILES string of the molecule is CCCN(CCCCNC(=O)c1ccc(-c2ccccc2)cc1)C1COc2c(O)cccc2C1. The van der Waals surface area contributed by atoms with E-state index < -0.39 is 0 Å². The van der Waals surface area contributed by atoms with Crippen molar-refractivity contribution in [3.8, 4) is 22.6 Å². The van der Waals surface area contributed by atoms with Crippen LogP contribution in [0.1, 0.15) is 42.1 Å². The molecule has 0 aromatic heterocycles. The smallest absolute Gasteiger partial charge is 0.251 e. The largest absolute Gasteiger partial charge is 0.504 e. The number of hydrogen-bond acceptors (Lipinski definition) is 4. The van der Waals surface area contributed by atoms with Crippen molar-refractivity contribution in [1.29, 1.82) is 0 Å². The fourth-order valence-corrected chi connectivity index (χ4v) is 4.58. The summed E-state index contributed by atoms with van der Waals surface area (Å²) in [6.45, 7) is 5.44. The lowest BCUT2D eigenvalue weighted by Crippen LogP contribution is -2.44. The lowest BCUT2D eigenvalue weighted by molar-refractivity contribution is 0.0950. The molecule has 0 bridgehead atoms. The summed E-state index contributed by atoms with van der Waals surface area (Å²) in [4.78, 5) is 15.0. The molecule has 1 unspecified atom stereocenters. The van der Waals surface area contributed by atoms with Crippen molar-refractivity contribution in [2.75, 3.05) is 26.2 Å². The number of fused-ring (bicyclic) bond motifs is 1. The minimum atomic E-state index is -0.0258. The molecular weight excluding hydrogens is 424 g/mol. The monoisotopic (exact) mass is 458 g/mol. The highest BCUT2D eigenvalue weighted by atomic mass is 16.5. The lowest BCUT2D eigenvalue weighted by atomic mass is 10.0. The average molecular weight is 459 g/mol. The van der Waals surface area contributed by atoms with E-state index in [2.05, 4.69) is 29.3 Å². The van der Waals surface area contributed by atoms with Crippen LogP contribution in [0.25, 0.3) is 11.1 Å². The van der Waals surface area contributed by atoms with Gasteiger partial charge in [-0.1, -0.05) is 61.5 Å². The van der Waals surface area contributed by atoms with E-state index in [1.54, 1.807) is 6.07 Å². The van der Waals surface area contributed by atoms with Gasteiger partial charge in [0.05, 0.1) is 0 Å². The fourth-order valence-electron chi connectivity index (χ4n) is 4.58. The van der Waals surface area contributed by atoms with E-state index >= 15 is 0 Å². The van der Waals surface area contributed by atoms with Gasteiger partial charge in [0, 0.05) is 18.2 Å². The van der Waals surface area contributed by atoms with Gasteiger partial charge in [0.25, 0.3) is 5.91 Å². The van der Waals surface area contributed by atoms with E-state index in [0.717, 1.165) is 55.5 Å². The molecule has 34 heavy (non-hydrogen) atoms. The van der Waals surface area contributed by atoms with Gasteiger partial charge in [-0.05, 0) is 73.7 Å². The second kappa shape index (κ2) is 11.7. The molecule has 5 nitrogen and oxygen atoms in total. The number of carbonyl (C=O) groups is 1. The number of amides is 1. The Bertz CT molecular complexity index is 1070. The predicted molar refractivity (Wildman–Crippen MR) is 136 cm³/mol. The molecule has 1 amide bonds. The number of unbranched alkanes of at least 4 members (excludes halogenated alkanes) is 1. The quantitative estimate of drug-likeness (QED) is 0.406.